The van der Waals surface area contributed by atoms with Crippen LogP contribution in [0.5, 0.6) is 5.75 Å². The zero-order chi connectivity index (χ0) is 25.6. The Morgan fingerprint density at radius 2 is 1.97 bits per heavy atom. The van der Waals surface area contributed by atoms with E-state index in [9.17, 15) is 31.5 Å². The predicted molar refractivity (Wildman–Crippen MR) is 106 cm³/mol. The minimum Gasteiger partial charge on any atom is -0.493 e. The Kier molecular flexibility index (Phi) is 5.95. The van der Waals surface area contributed by atoms with Crippen LogP contribution in [0.4, 0.5) is 27.6 Å². The van der Waals surface area contributed by atoms with Crippen molar-refractivity contribution in [2.75, 3.05) is 12.4 Å². The van der Waals surface area contributed by atoms with Crippen LogP contribution in [0.1, 0.15) is 37.2 Å². The minimum absolute atomic E-state index is 0.208. The van der Waals surface area contributed by atoms with E-state index in [2.05, 4.69) is 10.3 Å². The number of carbonyl (C=O) groups excluding carboxylic acids is 2. The van der Waals surface area contributed by atoms with Gasteiger partial charge >= 0.3 is 6.18 Å². The number of amides is 2. The lowest BCUT2D eigenvalue weighted by atomic mass is 9.77. The number of anilines is 1. The summed E-state index contributed by atoms with van der Waals surface area (Å²) in [5, 5.41) is 2.25. The van der Waals surface area contributed by atoms with Gasteiger partial charge in [-0.25, -0.2) is 4.39 Å². The maximum absolute atomic E-state index is 14.4. The standard InChI is InChI=1S/C21H20F5N3O4/c1-9-14(11-4-5-12(22)15(23)16(11)32-3)17(33-20(9,2)21(24,25)26)19(31)29-10-6-7-28-13(8-10)18(27)30/h4-9,14,17H,1-3H3,(H2,27,30)(H,28,29,31)/t9-,14-,17+,20+/m0/s1/i8D. The summed E-state index contributed by atoms with van der Waals surface area (Å²) in [7, 11) is 1.01. The van der Waals surface area contributed by atoms with Gasteiger partial charge in [0.15, 0.2) is 17.2 Å². The Morgan fingerprint density at radius 3 is 2.55 bits per heavy atom. The molecule has 3 rings (SSSR count). The van der Waals surface area contributed by atoms with E-state index < -0.39 is 70.7 Å². The van der Waals surface area contributed by atoms with E-state index in [0.717, 1.165) is 32.4 Å². The third-order valence-electron chi connectivity index (χ3n) is 5.76. The van der Waals surface area contributed by atoms with Crippen molar-refractivity contribution in [3.63, 3.8) is 0 Å². The molecule has 1 aliphatic heterocycles. The lowest BCUT2D eigenvalue weighted by molar-refractivity contribution is -0.272. The molecule has 7 nitrogen and oxygen atoms in total. The van der Waals surface area contributed by atoms with Crippen molar-refractivity contribution in [2.24, 2.45) is 11.7 Å². The summed E-state index contributed by atoms with van der Waals surface area (Å²) >= 11 is 0. The lowest BCUT2D eigenvalue weighted by Gasteiger charge is -2.32. The summed E-state index contributed by atoms with van der Waals surface area (Å²) in [6.07, 6.45) is -5.71. The number of primary amides is 1. The Balaban J connectivity index is 2.11. The summed E-state index contributed by atoms with van der Waals surface area (Å²) in [6, 6.07) is 2.32. The van der Waals surface area contributed by atoms with Gasteiger partial charge in [0.25, 0.3) is 11.8 Å². The van der Waals surface area contributed by atoms with Gasteiger partial charge < -0.3 is 20.5 Å². The first kappa shape index (κ1) is 22.9. The summed E-state index contributed by atoms with van der Waals surface area (Å²) in [4.78, 5) is 28.2. The molecule has 33 heavy (non-hydrogen) atoms. The average molecular weight is 474 g/mol. The molecule has 2 amide bonds. The molecule has 1 saturated heterocycles. The van der Waals surface area contributed by atoms with Crippen molar-refractivity contribution in [1.29, 1.82) is 0 Å². The van der Waals surface area contributed by atoms with Crippen LogP contribution < -0.4 is 15.8 Å². The molecule has 2 aromatic rings. The van der Waals surface area contributed by atoms with Gasteiger partial charge in [0.05, 0.1) is 8.48 Å². The number of nitrogens with zero attached hydrogens (tertiary/aromatic N) is 1. The van der Waals surface area contributed by atoms with E-state index in [4.69, 9.17) is 16.6 Å². The first-order chi connectivity index (χ1) is 15.7. The van der Waals surface area contributed by atoms with Gasteiger partial charge in [-0.3, -0.25) is 14.6 Å². The van der Waals surface area contributed by atoms with Crippen molar-refractivity contribution in [1.82, 2.24) is 4.98 Å². The maximum Gasteiger partial charge on any atom is 0.417 e. The number of hydrogen-bond acceptors (Lipinski definition) is 5. The molecule has 12 heteroatoms. The molecule has 0 unspecified atom stereocenters. The number of rotatable bonds is 5. The number of ether oxygens (including phenoxy) is 2. The van der Waals surface area contributed by atoms with E-state index in [0.29, 0.717) is 6.07 Å². The van der Waals surface area contributed by atoms with E-state index >= 15 is 0 Å². The molecule has 0 saturated carbocycles. The normalized spacial score (nSPS) is 25.5. The number of methoxy groups -OCH3 is 1. The predicted octanol–water partition coefficient (Wildman–Crippen LogP) is 3.55. The second-order valence-corrected chi connectivity index (χ2v) is 7.63. The average Bonchev–Trinajstić information content (AvgIpc) is 3.03. The molecule has 1 aliphatic rings. The molecule has 2 heterocycles. The Labute approximate surface area is 186 Å². The summed E-state index contributed by atoms with van der Waals surface area (Å²) in [6.45, 7) is 1.91. The molecule has 0 bridgehead atoms. The van der Waals surface area contributed by atoms with Crippen LogP contribution in [0.2, 0.25) is 0 Å². The Bertz CT molecular complexity index is 1150. The van der Waals surface area contributed by atoms with Crippen LogP contribution in [0.15, 0.2) is 30.4 Å². The number of pyridine rings is 1. The molecule has 0 radical (unpaired) electrons. The molecule has 178 valence electrons. The van der Waals surface area contributed by atoms with Gasteiger partial charge in [-0.1, -0.05) is 13.0 Å². The van der Waals surface area contributed by atoms with Crippen LogP contribution in [0, 0.1) is 17.6 Å². The highest BCUT2D eigenvalue weighted by Crippen LogP contribution is 2.55. The van der Waals surface area contributed by atoms with Crippen molar-refractivity contribution in [3.05, 3.63) is 53.3 Å². The van der Waals surface area contributed by atoms with Crippen LogP contribution in [-0.2, 0) is 9.53 Å². The third kappa shape index (κ3) is 4.22. The fourth-order valence-electron chi connectivity index (χ4n) is 3.83. The Hall–Kier alpha value is -3.28. The largest absolute Gasteiger partial charge is 0.493 e. The fourth-order valence-corrected chi connectivity index (χ4v) is 3.83. The Morgan fingerprint density at radius 1 is 1.30 bits per heavy atom. The quantitative estimate of drug-likeness (QED) is 0.646. The summed E-state index contributed by atoms with van der Waals surface area (Å²) in [5.74, 6) is -8.43. The number of nitrogens with one attached hydrogen (secondary N) is 1. The number of alkyl halides is 3. The van der Waals surface area contributed by atoms with Crippen molar-refractivity contribution >= 4 is 17.5 Å². The molecule has 1 fully saturated rings. The first-order valence-corrected chi connectivity index (χ1v) is 9.57. The highest BCUT2D eigenvalue weighted by Gasteiger charge is 2.65. The highest BCUT2D eigenvalue weighted by molar-refractivity contribution is 5.97. The fraction of sp³-hybridized carbons (Fsp3) is 0.381. The third-order valence-corrected chi connectivity index (χ3v) is 5.76. The van der Waals surface area contributed by atoms with Gasteiger partial charge in [0, 0.05) is 29.3 Å². The monoisotopic (exact) mass is 474 g/mol. The maximum atomic E-state index is 14.4. The van der Waals surface area contributed by atoms with Gasteiger partial charge in [-0.2, -0.15) is 17.6 Å². The first-order valence-electron chi connectivity index (χ1n) is 10.1. The van der Waals surface area contributed by atoms with Gasteiger partial charge in [0.1, 0.15) is 11.8 Å². The van der Waals surface area contributed by atoms with Crippen LogP contribution >= 0.6 is 0 Å². The van der Waals surface area contributed by atoms with E-state index in [-0.39, 0.29) is 11.3 Å². The molecular formula is C21H20F5N3O4. The van der Waals surface area contributed by atoms with Crippen molar-refractivity contribution in [3.8, 4) is 5.75 Å². The molecular weight excluding hydrogens is 453 g/mol. The minimum atomic E-state index is -4.93. The van der Waals surface area contributed by atoms with Crippen LogP contribution in [-0.4, -0.2) is 41.8 Å². The summed E-state index contributed by atoms with van der Waals surface area (Å²) < 4.78 is 88.2. The van der Waals surface area contributed by atoms with Crippen molar-refractivity contribution < 1.29 is 42.4 Å². The lowest BCUT2D eigenvalue weighted by Crippen LogP contribution is -2.47. The second kappa shape index (κ2) is 8.58. The van der Waals surface area contributed by atoms with E-state index in [1.165, 1.54) is 6.92 Å². The second-order valence-electron chi connectivity index (χ2n) is 7.63. The highest BCUT2D eigenvalue weighted by atomic mass is 19.4. The number of hydrogen-bond donors (Lipinski definition) is 2. The van der Waals surface area contributed by atoms with E-state index in [1.54, 1.807) is 0 Å². The van der Waals surface area contributed by atoms with Gasteiger partial charge in [-0.15, -0.1) is 0 Å². The zero-order valence-corrected chi connectivity index (χ0v) is 17.6. The van der Waals surface area contributed by atoms with E-state index in [1.807, 2.05) is 0 Å². The van der Waals surface area contributed by atoms with Gasteiger partial charge in [-0.05, 0) is 25.1 Å². The number of aromatic nitrogens is 1. The van der Waals surface area contributed by atoms with Crippen LogP contribution in [0.3, 0.4) is 0 Å². The molecule has 4 atom stereocenters. The molecule has 0 spiro atoms. The number of nitrogens with two attached hydrogens (primary N) is 1. The molecule has 3 N–H and O–H groups in total. The summed E-state index contributed by atoms with van der Waals surface area (Å²) in [5.41, 5.74) is 1.35. The smallest absolute Gasteiger partial charge is 0.417 e. The topological polar surface area (TPSA) is 104 Å². The van der Waals surface area contributed by atoms with Crippen molar-refractivity contribution in [2.45, 2.75) is 37.6 Å². The number of halogens is 5. The molecule has 0 aliphatic carbocycles. The van der Waals surface area contributed by atoms with Crippen LogP contribution in [0.25, 0.3) is 0 Å². The zero-order valence-electron chi connectivity index (χ0n) is 18.6. The SMILES string of the molecule is [2H]c1c(NC(=O)[C@@H]2O[C@@](C)(C(F)(F)F)[C@@H](C)[C@H]2c2ccc(F)c(F)c2OC)ccnc1C(N)=O. The molecule has 1 aromatic carbocycles. The number of benzene rings is 1. The number of carbonyl (C=O) groups is 2. The molecule has 1 aromatic heterocycles. The van der Waals surface area contributed by atoms with Gasteiger partial charge in [0.2, 0.25) is 5.82 Å².